The molecule has 0 bridgehead atoms. The summed E-state index contributed by atoms with van der Waals surface area (Å²) < 4.78 is 0. The molecule has 8 nitrogen and oxygen atoms in total. The van der Waals surface area contributed by atoms with E-state index in [1.165, 1.54) is 0 Å². The molecule has 21 heavy (non-hydrogen) atoms. The van der Waals surface area contributed by atoms with Crippen molar-refractivity contribution < 1.29 is 19.5 Å². The number of hydrogen-bond acceptors (Lipinski definition) is 4. The summed E-state index contributed by atoms with van der Waals surface area (Å²) in [7, 11) is 0. The van der Waals surface area contributed by atoms with Gasteiger partial charge in [0.05, 0.1) is 13.0 Å². The first-order chi connectivity index (χ1) is 9.90. The van der Waals surface area contributed by atoms with Crippen LogP contribution in [0.4, 0.5) is 4.79 Å². The minimum atomic E-state index is -0.967. The highest BCUT2D eigenvalue weighted by atomic mass is 16.4. The Morgan fingerprint density at radius 3 is 2.38 bits per heavy atom. The van der Waals surface area contributed by atoms with Crippen molar-refractivity contribution in [2.75, 3.05) is 32.7 Å². The van der Waals surface area contributed by atoms with Crippen LogP contribution in [-0.2, 0) is 9.59 Å². The fraction of sp³-hybridized carbons (Fsp3) is 0.769. The highest BCUT2D eigenvalue weighted by molar-refractivity contribution is 5.84. The van der Waals surface area contributed by atoms with Gasteiger partial charge in [-0.25, -0.2) is 4.79 Å². The van der Waals surface area contributed by atoms with Crippen LogP contribution in [0.3, 0.4) is 0 Å². The molecule has 0 saturated carbocycles. The van der Waals surface area contributed by atoms with Crippen LogP contribution in [0.2, 0.25) is 0 Å². The first-order valence-corrected chi connectivity index (χ1v) is 7.14. The van der Waals surface area contributed by atoms with Gasteiger partial charge in [-0.05, 0) is 5.92 Å². The van der Waals surface area contributed by atoms with Crippen LogP contribution >= 0.6 is 0 Å². The summed E-state index contributed by atoms with van der Waals surface area (Å²) in [5.41, 5.74) is 0. The van der Waals surface area contributed by atoms with Crippen molar-refractivity contribution in [2.45, 2.75) is 26.3 Å². The third-order valence-electron chi connectivity index (χ3n) is 3.39. The Hall–Kier alpha value is -1.83. The summed E-state index contributed by atoms with van der Waals surface area (Å²) in [4.78, 5) is 36.0. The molecule has 8 heteroatoms. The van der Waals surface area contributed by atoms with Gasteiger partial charge in [0, 0.05) is 32.2 Å². The van der Waals surface area contributed by atoms with Gasteiger partial charge in [0.2, 0.25) is 5.91 Å². The lowest BCUT2D eigenvalue weighted by molar-refractivity contribution is -0.137. The first-order valence-electron chi connectivity index (χ1n) is 7.14. The normalized spacial score (nSPS) is 16.4. The molecular weight excluding hydrogens is 276 g/mol. The van der Waals surface area contributed by atoms with Gasteiger partial charge in [0.15, 0.2) is 0 Å². The van der Waals surface area contributed by atoms with Crippen molar-refractivity contribution in [3.8, 4) is 0 Å². The molecule has 1 heterocycles. The van der Waals surface area contributed by atoms with E-state index < -0.39 is 18.0 Å². The third-order valence-corrected chi connectivity index (χ3v) is 3.39. The quantitative estimate of drug-likeness (QED) is 0.514. The van der Waals surface area contributed by atoms with Crippen LogP contribution in [0.5, 0.6) is 0 Å². The number of rotatable bonds is 6. The first kappa shape index (κ1) is 17.2. The maximum Gasteiger partial charge on any atom is 0.315 e. The molecule has 1 atom stereocenters. The Labute approximate surface area is 124 Å². The summed E-state index contributed by atoms with van der Waals surface area (Å²) in [6.07, 6.45) is -0.142. The molecule has 1 unspecified atom stereocenters. The number of hydrogen-bond donors (Lipinski definition) is 4. The number of carbonyl (C=O) groups excluding carboxylic acids is 2. The number of urea groups is 1. The van der Waals surface area contributed by atoms with Crippen molar-refractivity contribution in [3.63, 3.8) is 0 Å². The van der Waals surface area contributed by atoms with E-state index >= 15 is 0 Å². The van der Waals surface area contributed by atoms with Crippen LogP contribution < -0.4 is 16.0 Å². The molecule has 120 valence electrons. The highest BCUT2D eigenvalue weighted by Crippen LogP contribution is 2.05. The molecule has 1 fully saturated rings. The average Bonchev–Trinajstić information content (AvgIpc) is 2.44. The number of nitrogens with one attached hydrogen (secondary N) is 3. The molecule has 0 aromatic carbocycles. The smallest absolute Gasteiger partial charge is 0.315 e. The molecule has 0 aromatic heterocycles. The zero-order valence-electron chi connectivity index (χ0n) is 12.5. The van der Waals surface area contributed by atoms with Gasteiger partial charge in [0.25, 0.3) is 0 Å². The lowest BCUT2D eigenvalue weighted by atomic mass is 10.0. The summed E-state index contributed by atoms with van der Waals surface area (Å²) in [6.45, 7) is 6.37. The van der Waals surface area contributed by atoms with Gasteiger partial charge in [-0.3, -0.25) is 9.59 Å². The van der Waals surface area contributed by atoms with Crippen LogP contribution in [0.25, 0.3) is 0 Å². The van der Waals surface area contributed by atoms with E-state index in [1.54, 1.807) is 4.90 Å². The summed E-state index contributed by atoms with van der Waals surface area (Å²) in [5.74, 6) is -1.10. The second-order valence-electron chi connectivity index (χ2n) is 5.41. The molecule has 4 N–H and O–H groups in total. The zero-order valence-corrected chi connectivity index (χ0v) is 12.5. The van der Waals surface area contributed by atoms with E-state index in [-0.39, 0.29) is 24.8 Å². The van der Waals surface area contributed by atoms with Gasteiger partial charge < -0.3 is 26.0 Å². The minimum absolute atomic E-state index is 0.00396. The van der Waals surface area contributed by atoms with Crippen molar-refractivity contribution in [1.82, 2.24) is 20.9 Å². The Morgan fingerprint density at radius 2 is 1.86 bits per heavy atom. The van der Waals surface area contributed by atoms with Gasteiger partial charge in [0.1, 0.15) is 0 Å². The SMILES string of the molecule is CC(C)C(CC(=O)O)NC(=O)NCC(=O)N1CCNCC1. The Kier molecular flexibility index (Phi) is 6.93. The predicted molar refractivity (Wildman–Crippen MR) is 76.9 cm³/mol. The van der Waals surface area contributed by atoms with Gasteiger partial charge in [-0.2, -0.15) is 0 Å². The van der Waals surface area contributed by atoms with E-state index in [9.17, 15) is 14.4 Å². The molecule has 1 aliphatic rings. The molecular formula is C13H24N4O4. The predicted octanol–water partition coefficient (Wildman–Crippen LogP) is -0.783. The van der Waals surface area contributed by atoms with E-state index in [0.29, 0.717) is 13.1 Å². The van der Waals surface area contributed by atoms with Crippen molar-refractivity contribution >= 4 is 17.9 Å². The molecule has 1 aliphatic heterocycles. The summed E-state index contributed by atoms with van der Waals surface area (Å²) >= 11 is 0. The maximum atomic E-state index is 11.9. The Morgan fingerprint density at radius 1 is 1.24 bits per heavy atom. The van der Waals surface area contributed by atoms with Crippen LogP contribution in [-0.4, -0.2) is 66.7 Å². The highest BCUT2D eigenvalue weighted by Gasteiger charge is 2.21. The number of nitrogens with zero attached hydrogens (tertiary/aromatic N) is 1. The molecule has 0 aliphatic carbocycles. The number of carbonyl (C=O) groups is 3. The van der Waals surface area contributed by atoms with E-state index in [0.717, 1.165) is 13.1 Å². The van der Waals surface area contributed by atoms with Crippen molar-refractivity contribution in [3.05, 3.63) is 0 Å². The lowest BCUT2D eigenvalue weighted by Gasteiger charge is -2.27. The summed E-state index contributed by atoms with van der Waals surface area (Å²) in [6, 6.07) is -0.977. The molecule has 1 saturated heterocycles. The number of carboxylic acids is 1. The lowest BCUT2D eigenvalue weighted by Crippen LogP contribution is -2.52. The number of piperazine rings is 1. The topological polar surface area (TPSA) is 111 Å². The number of amides is 3. The monoisotopic (exact) mass is 300 g/mol. The number of aliphatic carboxylic acids is 1. The van der Waals surface area contributed by atoms with Crippen LogP contribution in [0.15, 0.2) is 0 Å². The Bertz CT molecular complexity index is 380. The average molecular weight is 300 g/mol. The minimum Gasteiger partial charge on any atom is -0.481 e. The largest absolute Gasteiger partial charge is 0.481 e. The van der Waals surface area contributed by atoms with Crippen molar-refractivity contribution in [1.29, 1.82) is 0 Å². The maximum absolute atomic E-state index is 11.9. The fourth-order valence-corrected chi connectivity index (χ4v) is 2.04. The molecule has 3 amide bonds. The molecule has 0 aromatic rings. The van der Waals surface area contributed by atoms with Gasteiger partial charge in [-0.15, -0.1) is 0 Å². The van der Waals surface area contributed by atoms with E-state index in [1.807, 2.05) is 13.8 Å². The summed E-state index contributed by atoms with van der Waals surface area (Å²) in [5, 5.41) is 17.0. The Balaban J connectivity index is 2.34. The second-order valence-corrected chi connectivity index (χ2v) is 5.41. The van der Waals surface area contributed by atoms with E-state index in [4.69, 9.17) is 5.11 Å². The van der Waals surface area contributed by atoms with Crippen LogP contribution in [0, 0.1) is 5.92 Å². The molecule has 0 spiro atoms. The standard InChI is InChI=1S/C13H24N4O4/c1-9(2)10(7-12(19)20)16-13(21)15-8-11(18)17-5-3-14-4-6-17/h9-10,14H,3-8H2,1-2H3,(H,19,20)(H2,15,16,21). The zero-order chi connectivity index (χ0) is 15.8. The van der Waals surface area contributed by atoms with Crippen molar-refractivity contribution in [2.24, 2.45) is 5.92 Å². The third kappa shape index (κ3) is 6.44. The van der Waals surface area contributed by atoms with Gasteiger partial charge in [-0.1, -0.05) is 13.8 Å². The second kappa shape index (κ2) is 8.46. The van der Waals surface area contributed by atoms with Crippen LogP contribution in [0.1, 0.15) is 20.3 Å². The molecule has 1 rings (SSSR count). The fourth-order valence-electron chi connectivity index (χ4n) is 2.04. The number of carboxylic acid groups (broad SMARTS) is 1. The molecule has 0 radical (unpaired) electrons. The van der Waals surface area contributed by atoms with E-state index in [2.05, 4.69) is 16.0 Å². The van der Waals surface area contributed by atoms with Gasteiger partial charge >= 0.3 is 12.0 Å².